The van der Waals surface area contributed by atoms with Gasteiger partial charge in [0.2, 0.25) is 0 Å². The highest BCUT2D eigenvalue weighted by Gasteiger charge is 2.34. The molecule has 0 saturated carbocycles. The summed E-state index contributed by atoms with van der Waals surface area (Å²) in [7, 11) is -2.22. The number of rotatable bonds is 8. The van der Waals surface area contributed by atoms with Crippen LogP contribution in [0, 0.1) is 5.92 Å². The quantitative estimate of drug-likeness (QED) is 0.380. The number of aliphatic hydroxyl groups excluding tert-OH is 1. The number of nitrogens with zero attached hydrogens (tertiary/aromatic N) is 2. The average Bonchev–Trinajstić information content (AvgIpc) is 2.95. The fraction of sp³-hybridized carbons (Fsp3) is 0.310. The predicted molar refractivity (Wildman–Crippen MR) is 153 cm³/mol. The van der Waals surface area contributed by atoms with Crippen LogP contribution < -0.4 is 14.8 Å². The molecular formula is C29H34N4O6S. The van der Waals surface area contributed by atoms with E-state index in [4.69, 9.17) is 4.74 Å². The number of aliphatic hydroxyl groups is 1. The van der Waals surface area contributed by atoms with Gasteiger partial charge in [0.1, 0.15) is 11.9 Å². The Morgan fingerprint density at radius 2 is 1.73 bits per heavy atom. The summed E-state index contributed by atoms with van der Waals surface area (Å²) in [5, 5.41) is 12.7. The molecule has 3 aromatic rings. The van der Waals surface area contributed by atoms with Gasteiger partial charge in [0, 0.05) is 30.9 Å². The van der Waals surface area contributed by atoms with E-state index in [0.717, 1.165) is 0 Å². The van der Waals surface area contributed by atoms with Crippen molar-refractivity contribution < 1.29 is 27.9 Å². The maximum Gasteiger partial charge on any atom is 0.321 e. The van der Waals surface area contributed by atoms with E-state index in [2.05, 4.69) is 10.0 Å². The molecule has 0 radical (unpaired) electrons. The zero-order valence-electron chi connectivity index (χ0n) is 22.7. The minimum Gasteiger partial charge on any atom is -0.487 e. The highest BCUT2D eigenvalue weighted by atomic mass is 32.2. The molecule has 0 spiro atoms. The van der Waals surface area contributed by atoms with Crippen LogP contribution in [0.5, 0.6) is 5.75 Å². The summed E-state index contributed by atoms with van der Waals surface area (Å²) < 4.78 is 34.6. The molecular weight excluding hydrogens is 532 g/mol. The Morgan fingerprint density at radius 3 is 2.38 bits per heavy atom. The first-order chi connectivity index (χ1) is 19.1. The van der Waals surface area contributed by atoms with Gasteiger partial charge in [-0.25, -0.2) is 13.2 Å². The molecule has 1 heterocycles. The second-order valence-electron chi connectivity index (χ2n) is 9.93. The van der Waals surface area contributed by atoms with E-state index in [-0.39, 0.29) is 53.5 Å². The second kappa shape index (κ2) is 12.4. The van der Waals surface area contributed by atoms with Crippen molar-refractivity contribution >= 4 is 33.3 Å². The standard InChI is InChI=1S/C29H34N4O6S/c1-20-17-33(21(2)19-34)28(35)25-16-23(31-40(37,38)24-12-8-5-9-13-24)14-15-26(25)39-27(20)18-32(3)29(36)30-22-10-6-4-7-11-22/h4-16,20-21,27,31,34H,17-19H2,1-3H3,(H,30,36). The number of ether oxygens (including phenoxy) is 1. The van der Waals surface area contributed by atoms with Crippen LogP contribution in [0.2, 0.25) is 0 Å². The minimum atomic E-state index is -3.89. The number of likely N-dealkylation sites (N-methyl/N-ethyl adjacent to an activating group) is 1. The molecule has 11 heteroatoms. The summed E-state index contributed by atoms with van der Waals surface area (Å²) >= 11 is 0. The third-order valence-corrected chi connectivity index (χ3v) is 8.19. The molecule has 212 valence electrons. The highest BCUT2D eigenvalue weighted by molar-refractivity contribution is 7.92. The molecule has 3 amide bonds. The molecule has 0 bridgehead atoms. The number of nitrogens with one attached hydrogen (secondary N) is 2. The third kappa shape index (κ3) is 6.72. The van der Waals surface area contributed by atoms with Gasteiger partial charge in [-0.05, 0) is 49.4 Å². The Hall–Kier alpha value is -4.09. The summed E-state index contributed by atoms with van der Waals surface area (Å²) in [6.45, 7) is 3.89. The molecule has 3 unspecified atom stereocenters. The van der Waals surface area contributed by atoms with E-state index in [0.29, 0.717) is 5.69 Å². The monoisotopic (exact) mass is 566 g/mol. The van der Waals surface area contributed by atoms with Gasteiger partial charge in [0.15, 0.2) is 0 Å². The number of hydrogen-bond acceptors (Lipinski definition) is 6. The maximum absolute atomic E-state index is 13.6. The molecule has 1 aliphatic rings. The molecule has 0 aliphatic carbocycles. The maximum atomic E-state index is 13.6. The number of carbonyl (C=O) groups is 2. The number of benzene rings is 3. The minimum absolute atomic E-state index is 0.0885. The Morgan fingerprint density at radius 1 is 1.07 bits per heavy atom. The molecule has 0 fully saturated rings. The van der Waals surface area contributed by atoms with E-state index in [1.165, 1.54) is 29.2 Å². The number of sulfonamides is 1. The molecule has 0 aromatic heterocycles. The van der Waals surface area contributed by atoms with Crippen LogP contribution in [0.4, 0.5) is 16.2 Å². The van der Waals surface area contributed by atoms with Crippen molar-refractivity contribution in [3.63, 3.8) is 0 Å². The van der Waals surface area contributed by atoms with Crippen LogP contribution in [0.25, 0.3) is 0 Å². The van der Waals surface area contributed by atoms with Crippen molar-refractivity contribution in [2.75, 3.05) is 36.8 Å². The Bertz CT molecular complexity index is 1440. The van der Waals surface area contributed by atoms with Crippen molar-refractivity contribution in [1.82, 2.24) is 9.80 Å². The number of amides is 3. The van der Waals surface area contributed by atoms with Gasteiger partial charge in [-0.3, -0.25) is 9.52 Å². The lowest BCUT2D eigenvalue weighted by Gasteiger charge is -2.38. The lowest BCUT2D eigenvalue weighted by atomic mass is 9.99. The summed E-state index contributed by atoms with van der Waals surface area (Å²) in [5.74, 6) is -0.330. The van der Waals surface area contributed by atoms with Crippen LogP contribution in [-0.4, -0.2) is 74.2 Å². The van der Waals surface area contributed by atoms with Gasteiger partial charge in [0.25, 0.3) is 15.9 Å². The molecule has 4 rings (SSSR count). The fourth-order valence-electron chi connectivity index (χ4n) is 4.41. The van der Waals surface area contributed by atoms with Crippen LogP contribution in [0.3, 0.4) is 0 Å². The largest absolute Gasteiger partial charge is 0.487 e. The van der Waals surface area contributed by atoms with Gasteiger partial charge in [-0.2, -0.15) is 0 Å². The van der Waals surface area contributed by atoms with Crippen molar-refractivity contribution in [1.29, 1.82) is 0 Å². The summed E-state index contributed by atoms with van der Waals surface area (Å²) in [5.41, 5.74) is 1.01. The Kier molecular flexibility index (Phi) is 8.96. The Balaban J connectivity index is 1.62. The first-order valence-corrected chi connectivity index (χ1v) is 14.4. The zero-order valence-corrected chi connectivity index (χ0v) is 23.5. The lowest BCUT2D eigenvalue weighted by molar-refractivity contribution is 0.0371. The number of hydrogen-bond donors (Lipinski definition) is 3. The van der Waals surface area contributed by atoms with Crippen LogP contribution in [0.15, 0.2) is 83.8 Å². The van der Waals surface area contributed by atoms with Gasteiger partial charge < -0.3 is 25.0 Å². The third-order valence-electron chi connectivity index (χ3n) is 6.80. The summed E-state index contributed by atoms with van der Waals surface area (Å²) in [4.78, 5) is 29.7. The number of carbonyl (C=O) groups excluding carboxylic acids is 2. The first-order valence-electron chi connectivity index (χ1n) is 13.0. The number of para-hydroxylation sites is 1. The Labute approximate surface area is 234 Å². The van der Waals surface area contributed by atoms with E-state index in [9.17, 15) is 23.1 Å². The van der Waals surface area contributed by atoms with Gasteiger partial charge in [-0.15, -0.1) is 0 Å². The second-order valence-corrected chi connectivity index (χ2v) is 11.6. The fourth-order valence-corrected chi connectivity index (χ4v) is 5.48. The normalized spacial score (nSPS) is 18.0. The number of anilines is 2. The molecule has 3 aromatic carbocycles. The molecule has 3 N–H and O–H groups in total. The molecule has 10 nitrogen and oxygen atoms in total. The molecule has 3 atom stereocenters. The van der Waals surface area contributed by atoms with E-state index in [1.807, 2.05) is 25.1 Å². The first kappa shape index (κ1) is 28.9. The topological polar surface area (TPSA) is 128 Å². The molecule has 40 heavy (non-hydrogen) atoms. The van der Waals surface area contributed by atoms with Crippen molar-refractivity contribution in [2.45, 2.75) is 30.9 Å². The van der Waals surface area contributed by atoms with Crippen LogP contribution in [0.1, 0.15) is 24.2 Å². The van der Waals surface area contributed by atoms with Crippen LogP contribution >= 0.6 is 0 Å². The van der Waals surface area contributed by atoms with Crippen molar-refractivity contribution in [2.24, 2.45) is 5.92 Å². The summed E-state index contributed by atoms with van der Waals surface area (Å²) in [6, 6.07) is 20.7. The zero-order chi connectivity index (χ0) is 28.9. The van der Waals surface area contributed by atoms with Gasteiger partial charge in [0.05, 0.1) is 29.7 Å². The van der Waals surface area contributed by atoms with E-state index >= 15 is 0 Å². The van der Waals surface area contributed by atoms with E-state index in [1.54, 1.807) is 55.3 Å². The molecule has 0 saturated heterocycles. The van der Waals surface area contributed by atoms with Crippen LogP contribution in [-0.2, 0) is 10.0 Å². The summed E-state index contributed by atoms with van der Waals surface area (Å²) in [6.07, 6.45) is -0.501. The SMILES string of the molecule is CC1CN(C(C)CO)C(=O)c2cc(NS(=O)(=O)c3ccccc3)ccc2OC1CN(C)C(=O)Nc1ccccc1. The number of fused-ring (bicyclic) bond motifs is 1. The van der Waals surface area contributed by atoms with Gasteiger partial charge >= 0.3 is 6.03 Å². The average molecular weight is 567 g/mol. The van der Waals surface area contributed by atoms with Gasteiger partial charge in [-0.1, -0.05) is 43.3 Å². The van der Waals surface area contributed by atoms with E-state index < -0.39 is 28.1 Å². The van der Waals surface area contributed by atoms with Crippen molar-refractivity contribution in [3.8, 4) is 5.75 Å². The predicted octanol–water partition coefficient (Wildman–Crippen LogP) is 3.87. The number of urea groups is 1. The molecule has 1 aliphatic heterocycles. The highest BCUT2D eigenvalue weighted by Crippen LogP contribution is 2.31. The van der Waals surface area contributed by atoms with Crippen molar-refractivity contribution in [3.05, 3.63) is 84.4 Å². The smallest absolute Gasteiger partial charge is 0.321 e. The lowest BCUT2D eigenvalue weighted by Crippen LogP contribution is -2.50.